The van der Waals surface area contributed by atoms with Crippen molar-refractivity contribution in [2.75, 3.05) is 24.5 Å². The quantitative estimate of drug-likeness (QED) is 0.578. The van der Waals surface area contributed by atoms with Gasteiger partial charge >= 0.3 is 0 Å². The molecule has 0 aliphatic heterocycles. The maximum absolute atomic E-state index is 4.51. The highest BCUT2D eigenvalue weighted by atomic mass is 32.1. The van der Waals surface area contributed by atoms with Crippen molar-refractivity contribution in [3.05, 3.63) is 11.1 Å². The van der Waals surface area contributed by atoms with Crippen LogP contribution in [-0.4, -0.2) is 24.6 Å². The van der Waals surface area contributed by atoms with Gasteiger partial charge in [-0.2, -0.15) is 0 Å². The molecule has 0 radical (unpaired) electrons. The minimum absolute atomic E-state index is 0.966. The fourth-order valence-corrected chi connectivity index (χ4v) is 3.27. The molecule has 1 N–H and O–H groups in total. The van der Waals surface area contributed by atoms with Crippen molar-refractivity contribution in [3.8, 4) is 0 Å². The van der Waals surface area contributed by atoms with E-state index in [0.29, 0.717) is 0 Å². The van der Waals surface area contributed by atoms with Gasteiger partial charge in [-0.1, -0.05) is 39.0 Å². The third kappa shape index (κ3) is 6.71. The molecule has 0 aliphatic rings. The van der Waals surface area contributed by atoms with Crippen molar-refractivity contribution in [1.29, 1.82) is 0 Å². The lowest BCUT2D eigenvalue weighted by Crippen LogP contribution is -2.21. The molecule has 0 fully saturated rings. The lowest BCUT2D eigenvalue weighted by Gasteiger charge is -2.16. The fourth-order valence-electron chi connectivity index (χ4n) is 2.26. The van der Waals surface area contributed by atoms with Crippen molar-refractivity contribution < 1.29 is 0 Å². The lowest BCUT2D eigenvalue weighted by molar-refractivity contribution is 0.573. The van der Waals surface area contributed by atoms with Crippen molar-refractivity contribution >= 4 is 16.5 Å². The van der Waals surface area contributed by atoms with Crippen LogP contribution in [0.25, 0.3) is 0 Å². The van der Waals surface area contributed by atoms with E-state index in [2.05, 4.69) is 36.0 Å². The molecule has 1 aromatic rings. The van der Waals surface area contributed by atoms with Gasteiger partial charge in [0.1, 0.15) is 0 Å². The largest absolute Gasteiger partial charge is 0.349 e. The summed E-state index contributed by atoms with van der Waals surface area (Å²) in [6.07, 6.45) is 10.2. The summed E-state index contributed by atoms with van der Waals surface area (Å²) in [7, 11) is 0. The average molecular weight is 298 g/mol. The minimum Gasteiger partial charge on any atom is -0.349 e. The number of thiazole rings is 1. The number of nitrogens with zero attached hydrogens (tertiary/aromatic N) is 2. The summed E-state index contributed by atoms with van der Waals surface area (Å²) >= 11 is 1.82. The maximum Gasteiger partial charge on any atom is 0.185 e. The van der Waals surface area contributed by atoms with E-state index in [1.165, 1.54) is 43.4 Å². The number of nitrogens with one attached hydrogen (secondary N) is 1. The maximum atomic E-state index is 4.51. The highest BCUT2D eigenvalue weighted by Crippen LogP contribution is 2.21. The van der Waals surface area contributed by atoms with E-state index in [4.69, 9.17) is 0 Å². The number of anilines is 1. The highest BCUT2D eigenvalue weighted by Gasteiger charge is 2.07. The van der Waals surface area contributed by atoms with E-state index in [0.717, 1.165) is 31.3 Å². The Kier molecular flexibility index (Phi) is 9.67. The van der Waals surface area contributed by atoms with Gasteiger partial charge in [0.15, 0.2) is 5.13 Å². The monoisotopic (exact) mass is 297 g/mol. The smallest absolute Gasteiger partial charge is 0.185 e. The van der Waals surface area contributed by atoms with Crippen LogP contribution in [-0.2, 0) is 6.54 Å². The number of aromatic nitrogens is 1. The highest BCUT2D eigenvalue weighted by molar-refractivity contribution is 7.15. The minimum atomic E-state index is 0.966. The fraction of sp³-hybridized carbons (Fsp3) is 0.812. The van der Waals surface area contributed by atoms with E-state index in [1.54, 1.807) is 0 Å². The molecule has 116 valence electrons. The van der Waals surface area contributed by atoms with Crippen LogP contribution in [0, 0.1) is 0 Å². The zero-order valence-corrected chi connectivity index (χ0v) is 14.3. The van der Waals surface area contributed by atoms with Crippen molar-refractivity contribution in [2.24, 2.45) is 0 Å². The molecule has 0 saturated heterocycles. The molecule has 3 nitrogen and oxygen atoms in total. The normalized spacial score (nSPS) is 10.9. The molecule has 0 atom stereocenters. The van der Waals surface area contributed by atoms with Crippen LogP contribution in [0.5, 0.6) is 0 Å². The van der Waals surface area contributed by atoms with E-state index >= 15 is 0 Å². The Labute approximate surface area is 128 Å². The number of hydrogen-bond acceptors (Lipinski definition) is 4. The van der Waals surface area contributed by atoms with Crippen molar-refractivity contribution in [2.45, 2.75) is 65.8 Å². The first-order valence-corrected chi connectivity index (χ1v) is 9.03. The van der Waals surface area contributed by atoms with Gasteiger partial charge in [0.05, 0.1) is 0 Å². The standard InChI is InChI=1S/C16H31N3S/c1-4-7-8-9-10-11-12-17-13-15-14-18-16(20-15)19(5-2)6-3/h14,17H,4-13H2,1-3H3. The summed E-state index contributed by atoms with van der Waals surface area (Å²) in [5, 5.41) is 4.69. The van der Waals surface area contributed by atoms with E-state index in [9.17, 15) is 0 Å². The van der Waals surface area contributed by atoms with Gasteiger partial charge in [-0.15, -0.1) is 11.3 Å². The summed E-state index contributed by atoms with van der Waals surface area (Å²) in [6.45, 7) is 10.8. The molecule has 1 rings (SSSR count). The van der Waals surface area contributed by atoms with Crippen LogP contribution in [0.15, 0.2) is 6.20 Å². The van der Waals surface area contributed by atoms with Gasteiger partial charge < -0.3 is 10.2 Å². The van der Waals surface area contributed by atoms with Crippen LogP contribution in [0.1, 0.15) is 64.2 Å². The number of hydrogen-bond donors (Lipinski definition) is 1. The molecular formula is C16H31N3S. The van der Waals surface area contributed by atoms with Crippen LogP contribution in [0.4, 0.5) is 5.13 Å². The summed E-state index contributed by atoms with van der Waals surface area (Å²) in [4.78, 5) is 8.16. The lowest BCUT2D eigenvalue weighted by atomic mass is 10.1. The molecule has 1 heterocycles. The molecule has 0 aromatic carbocycles. The van der Waals surface area contributed by atoms with Crippen LogP contribution < -0.4 is 10.2 Å². The summed E-state index contributed by atoms with van der Waals surface area (Å²) in [6, 6.07) is 0. The van der Waals surface area contributed by atoms with Gasteiger partial charge in [-0.25, -0.2) is 4.98 Å². The summed E-state index contributed by atoms with van der Waals surface area (Å²) < 4.78 is 0. The van der Waals surface area contributed by atoms with Gasteiger partial charge in [0.25, 0.3) is 0 Å². The first-order chi connectivity index (χ1) is 9.81. The second-order valence-corrected chi connectivity index (χ2v) is 6.32. The van der Waals surface area contributed by atoms with Gasteiger partial charge in [-0.3, -0.25) is 0 Å². The predicted octanol–water partition coefficient (Wildman–Crippen LogP) is 4.44. The molecular weight excluding hydrogens is 266 g/mol. The van der Waals surface area contributed by atoms with Gasteiger partial charge in [0.2, 0.25) is 0 Å². The molecule has 0 bridgehead atoms. The van der Waals surface area contributed by atoms with Gasteiger partial charge in [-0.05, 0) is 26.8 Å². The Balaban J connectivity index is 2.10. The SMILES string of the molecule is CCCCCCCCNCc1cnc(N(CC)CC)s1. The Morgan fingerprint density at radius 1 is 1.05 bits per heavy atom. The Hall–Kier alpha value is -0.610. The first-order valence-electron chi connectivity index (χ1n) is 8.22. The van der Waals surface area contributed by atoms with Crippen LogP contribution in [0.3, 0.4) is 0 Å². The Morgan fingerprint density at radius 2 is 1.75 bits per heavy atom. The Bertz CT molecular complexity index is 334. The molecule has 0 aliphatic carbocycles. The molecule has 1 aromatic heterocycles. The third-order valence-electron chi connectivity index (χ3n) is 3.58. The Morgan fingerprint density at radius 3 is 2.45 bits per heavy atom. The van der Waals surface area contributed by atoms with Crippen LogP contribution >= 0.6 is 11.3 Å². The molecule has 4 heteroatoms. The first kappa shape index (κ1) is 17.4. The summed E-state index contributed by atoms with van der Waals surface area (Å²) in [5.41, 5.74) is 0. The molecule has 0 saturated carbocycles. The van der Waals surface area contributed by atoms with Crippen LogP contribution in [0.2, 0.25) is 0 Å². The number of unbranched alkanes of at least 4 members (excludes halogenated alkanes) is 5. The second-order valence-electron chi connectivity index (χ2n) is 5.23. The zero-order chi connectivity index (χ0) is 14.6. The van der Waals surface area contributed by atoms with Crippen molar-refractivity contribution in [3.63, 3.8) is 0 Å². The second kappa shape index (κ2) is 11.1. The third-order valence-corrected chi connectivity index (χ3v) is 4.64. The topological polar surface area (TPSA) is 28.2 Å². The summed E-state index contributed by atoms with van der Waals surface area (Å²) in [5.74, 6) is 0. The van der Waals surface area contributed by atoms with E-state index in [1.807, 2.05) is 17.5 Å². The molecule has 20 heavy (non-hydrogen) atoms. The van der Waals surface area contributed by atoms with E-state index < -0.39 is 0 Å². The van der Waals surface area contributed by atoms with Crippen molar-refractivity contribution in [1.82, 2.24) is 10.3 Å². The molecule has 0 spiro atoms. The average Bonchev–Trinajstić information content (AvgIpc) is 2.92. The number of rotatable bonds is 12. The molecule has 0 amide bonds. The predicted molar refractivity (Wildman–Crippen MR) is 90.8 cm³/mol. The van der Waals surface area contributed by atoms with E-state index in [-0.39, 0.29) is 0 Å². The van der Waals surface area contributed by atoms with Gasteiger partial charge in [0, 0.05) is 30.7 Å². The molecule has 0 unspecified atom stereocenters. The zero-order valence-electron chi connectivity index (χ0n) is 13.5.